The number of benzene rings is 1. The lowest BCUT2D eigenvalue weighted by Gasteiger charge is -2.29. The van der Waals surface area contributed by atoms with E-state index in [2.05, 4.69) is 15.5 Å². The van der Waals surface area contributed by atoms with Gasteiger partial charge in [-0.3, -0.25) is 10.1 Å². The van der Waals surface area contributed by atoms with Crippen LogP contribution in [0.4, 0.5) is 19.1 Å². The summed E-state index contributed by atoms with van der Waals surface area (Å²) in [5.74, 6) is -1.92. The van der Waals surface area contributed by atoms with Crippen molar-refractivity contribution in [2.75, 3.05) is 5.32 Å². The van der Waals surface area contributed by atoms with Crippen LogP contribution in [-0.4, -0.2) is 31.9 Å². The Morgan fingerprint density at radius 1 is 1.28 bits per heavy atom. The van der Waals surface area contributed by atoms with Gasteiger partial charge in [-0.15, -0.1) is 0 Å². The van der Waals surface area contributed by atoms with Crippen LogP contribution >= 0.6 is 0 Å². The molecule has 0 aliphatic carbocycles. The summed E-state index contributed by atoms with van der Waals surface area (Å²) in [6, 6.07) is 8.88. The number of amides is 1. The van der Waals surface area contributed by atoms with E-state index in [0.717, 1.165) is 28.3 Å². The van der Waals surface area contributed by atoms with Crippen LogP contribution in [-0.2, 0) is 23.9 Å². The van der Waals surface area contributed by atoms with E-state index in [1.165, 1.54) is 19.3 Å². The Bertz CT molecular complexity index is 995. The zero-order valence-corrected chi connectivity index (χ0v) is 15.7. The van der Waals surface area contributed by atoms with Crippen molar-refractivity contribution in [1.82, 2.24) is 14.7 Å². The molecular weight excluding hydrogens is 389 g/mol. The Hall–Kier alpha value is -3.14. The molecule has 1 aromatic carbocycles. The molecule has 0 saturated carbocycles. The van der Waals surface area contributed by atoms with Crippen molar-refractivity contribution in [2.45, 2.75) is 31.5 Å². The highest BCUT2D eigenvalue weighted by Gasteiger charge is 2.58. The minimum atomic E-state index is -5.11. The summed E-state index contributed by atoms with van der Waals surface area (Å²) >= 11 is 0. The van der Waals surface area contributed by atoms with E-state index in [1.54, 1.807) is 0 Å². The maximum Gasteiger partial charge on any atom is 0.425 e. The lowest BCUT2D eigenvalue weighted by atomic mass is 9.97. The van der Waals surface area contributed by atoms with Gasteiger partial charge in [0.25, 0.3) is 0 Å². The fourth-order valence-corrected chi connectivity index (χ4v) is 2.87. The lowest BCUT2D eigenvalue weighted by Crippen LogP contribution is -2.46. The number of aryl methyl sites for hydroxylation is 2. The highest BCUT2D eigenvalue weighted by atomic mass is 19.4. The molecule has 0 radical (unpaired) electrons. The third-order valence-electron chi connectivity index (χ3n) is 4.51. The van der Waals surface area contributed by atoms with Gasteiger partial charge in [-0.25, -0.2) is 4.98 Å². The minimum Gasteiger partial charge on any atom is -0.374 e. The third kappa shape index (κ3) is 4.16. The standard InChI is InChI=1S/C19H19F3N4O3/c1-3-12-4-6-13(7-5-12)14-10-16(29-25-14)24-15(27)11-18(28,19(20,21)22)17-23-8-9-26(17)2/h4-10,28H,3,11H2,1-2H3,(H,24,27). The van der Waals surface area contributed by atoms with Crippen molar-refractivity contribution in [3.05, 3.63) is 54.1 Å². The second-order valence-electron chi connectivity index (χ2n) is 6.57. The number of hydrogen-bond acceptors (Lipinski definition) is 5. The molecule has 0 spiro atoms. The molecule has 2 heterocycles. The Morgan fingerprint density at radius 3 is 2.52 bits per heavy atom. The van der Waals surface area contributed by atoms with E-state index >= 15 is 0 Å². The normalized spacial score (nSPS) is 13.9. The predicted octanol–water partition coefficient (Wildman–Crippen LogP) is 3.42. The van der Waals surface area contributed by atoms with Crippen molar-refractivity contribution in [2.24, 2.45) is 7.05 Å². The smallest absolute Gasteiger partial charge is 0.374 e. The number of anilines is 1. The van der Waals surface area contributed by atoms with Crippen LogP contribution < -0.4 is 5.32 Å². The van der Waals surface area contributed by atoms with Gasteiger partial charge in [-0.2, -0.15) is 13.2 Å². The summed E-state index contributed by atoms with van der Waals surface area (Å²) in [6.45, 7) is 2.02. The number of aliphatic hydroxyl groups is 1. The monoisotopic (exact) mass is 408 g/mol. The Balaban J connectivity index is 1.76. The highest BCUT2D eigenvalue weighted by Crippen LogP contribution is 2.41. The molecule has 1 amide bonds. The first kappa shape index (κ1) is 20.6. The molecule has 3 rings (SSSR count). The Labute approximate surface area is 164 Å². The highest BCUT2D eigenvalue weighted by molar-refractivity contribution is 5.90. The number of carbonyl (C=O) groups excluding carboxylic acids is 1. The number of alkyl halides is 3. The number of hydrogen-bond donors (Lipinski definition) is 2. The van der Waals surface area contributed by atoms with Crippen LogP contribution in [0.2, 0.25) is 0 Å². The predicted molar refractivity (Wildman–Crippen MR) is 97.7 cm³/mol. The summed E-state index contributed by atoms with van der Waals surface area (Å²) in [7, 11) is 1.30. The summed E-state index contributed by atoms with van der Waals surface area (Å²) in [5, 5.41) is 16.3. The number of halogens is 3. The molecule has 2 aromatic heterocycles. The van der Waals surface area contributed by atoms with Gasteiger partial charge in [0.05, 0.1) is 6.42 Å². The first-order chi connectivity index (χ1) is 13.6. The number of carbonyl (C=O) groups is 1. The SMILES string of the molecule is CCc1ccc(-c2cc(NC(=O)CC(O)(c3nccn3C)C(F)(F)F)on2)cc1. The van der Waals surface area contributed by atoms with E-state index in [0.29, 0.717) is 5.69 Å². The summed E-state index contributed by atoms with van der Waals surface area (Å²) < 4.78 is 46.5. The van der Waals surface area contributed by atoms with Crippen molar-refractivity contribution in [3.63, 3.8) is 0 Å². The molecule has 3 aromatic rings. The number of imidazole rings is 1. The number of rotatable bonds is 6. The largest absolute Gasteiger partial charge is 0.425 e. The fraction of sp³-hybridized carbons (Fsp3) is 0.316. The molecule has 0 bridgehead atoms. The van der Waals surface area contributed by atoms with Crippen molar-refractivity contribution >= 4 is 11.8 Å². The molecule has 10 heteroatoms. The molecule has 0 saturated heterocycles. The molecule has 2 N–H and O–H groups in total. The van der Waals surface area contributed by atoms with Gasteiger partial charge in [-0.1, -0.05) is 36.3 Å². The average molecular weight is 408 g/mol. The zero-order valence-electron chi connectivity index (χ0n) is 15.7. The van der Waals surface area contributed by atoms with Crippen LogP contribution in [0.15, 0.2) is 47.2 Å². The van der Waals surface area contributed by atoms with Crippen molar-refractivity contribution < 1.29 is 27.6 Å². The molecule has 0 aliphatic rings. The number of aromatic nitrogens is 3. The lowest BCUT2D eigenvalue weighted by molar-refractivity contribution is -0.270. The average Bonchev–Trinajstić information content (AvgIpc) is 3.30. The molecular formula is C19H19F3N4O3. The first-order valence-electron chi connectivity index (χ1n) is 8.77. The first-order valence-corrected chi connectivity index (χ1v) is 8.77. The molecule has 1 atom stereocenters. The maximum atomic E-state index is 13.5. The summed E-state index contributed by atoms with van der Waals surface area (Å²) in [5.41, 5.74) is -1.18. The maximum absolute atomic E-state index is 13.5. The molecule has 29 heavy (non-hydrogen) atoms. The topological polar surface area (TPSA) is 93.2 Å². The summed E-state index contributed by atoms with van der Waals surface area (Å²) in [4.78, 5) is 15.8. The van der Waals surface area contributed by atoms with Gasteiger partial charge in [0.1, 0.15) is 5.69 Å². The Morgan fingerprint density at radius 2 is 1.97 bits per heavy atom. The Kier molecular flexibility index (Phi) is 5.47. The van der Waals surface area contributed by atoms with Crippen LogP contribution in [0, 0.1) is 0 Å². The van der Waals surface area contributed by atoms with E-state index in [9.17, 15) is 23.1 Å². The third-order valence-corrected chi connectivity index (χ3v) is 4.51. The van der Waals surface area contributed by atoms with Gasteiger partial charge >= 0.3 is 6.18 Å². The summed E-state index contributed by atoms with van der Waals surface area (Å²) in [6.07, 6.45) is -3.18. The van der Waals surface area contributed by atoms with Crippen LogP contribution in [0.3, 0.4) is 0 Å². The molecule has 0 aliphatic heterocycles. The van der Waals surface area contributed by atoms with Gasteiger partial charge in [0, 0.05) is 31.1 Å². The van der Waals surface area contributed by atoms with E-state index in [1.807, 2.05) is 31.2 Å². The van der Waals surface area contributed by atoms with Crippen LogP contribution in [0.25, 0.3) is 11.3 Å². The quantitative estimate of drug-likeness (QED) is 0.652. The van der Waals surface area contributed by atoms with Crippen LogP contribution in [0.1, 0.15) is 24.7 Å². The van der Waals surface area contributed by atoms with E-state index < -0.39 is 29.9 Å². The van der Waals surface area contributed by atoms with Crippen molar-refractivity contribution in [1.29, 1.82) is 0 Å². The van der Waals surface area contributed by atoms with E-state index in [-0.39, 0.29) is 5.88 Å². The molecule has 7 nitrogen and oxygen atoms in total. The van der Waals surface area contributed by atoms with Gasteiger partial charge < -0.3 is 14.2 Å². The zero-order chi connectivity index (χ0) is 21.2. The fourth-order valence-electron chi connectivity index (χ4n) is 2.87. The second kappa shape index (κ2) is 7.70. The van der Waals surface area contributed by atoms with E-state index in [4.69, 9.17) is 4.52 Å². The minimum absolute atomic E-state index is 0.131. The number of nitrogens with one attached hydrogen (secondary N) is 1. The molecule has 154 valence electrons. The van der Waals surface area contributed by atoms with Crippen molar-refractivity contribution in [3.8, 4) is 11.3 Å². The van der Waals surface area contributed by atoms with Gasteiger partial charge in [-0.05, 0) is 12.0 Å². The van der Waals surface area contributed by atoms with Gasteiger partial charge in [0.15, 0.2) is 5.82 Å². The second-order valence-corrected chi connectivity index (χ2v) is 6.57. The van der Waals surface area contributed by atoms with Crippen LogP contribution in [0.5, 0.6) is 0 Å². The number of nitrogens with zero attached hydrogens (tertiary/aromatic N) is 3. The molecule has 1 unspecified atom stereocenters. The van der Waals surface area contributed by atoms with Gasteiger partial charge in [0.2, 0.25) is 17.4 Å². The molecule has 0 fully saturated rings.